The van der Waals surface area contributed by atoms with Gasteiger partial charge >= 0.3 is 12.1 Å². The molecule has 1 aromatic rings. The number of carboxylic acid groups (broad SMARTS) is 1. The molecular formula is C13H17N3O4. The Bertz CT molecular complexity index is 503. The second kappa shape index (κ2) is 5.77. The summed E-state index contributed by atoms with van der Waals surface area (Å²) in [4.78, 5) is 30.0. The van der Waals surface area contributed by atoms with Crippen molar-refractivity contribution in [1.82, 2.24) is 9.88 Å². The molecule has 1 aromatic heterocycles. The molecular weight excluding hydrogens is 262 g/mol. The Morgan fingerprint density at radius 1 is 1.40 bits per heavy atom. The molecule has 0 aliphatic carbocycles. The molecule has 7 nitrogen and oxygen atoms in total. The van der Waals surface area contributed by atoms with E-state index in [-0.39, 0.29) is 6.04 Å². The summed E-state index contributed by atoms with van der Waals surface area (Å²) >= 11 is 0. The predicted octanol–water partition coefficient (Wildman–Crippen LogP) is 1.06. The van der Waals surface area contributed by atoms with Crippen molar-refractivity contribution in [2.45, 2.75) is 13.0 Å². The van der Waals surface area contributed by atoms with Gasteiger partial charge in [0.05, 0.1) is 12.7 Å². The van der Waals surface area contributed by atoms with Crippen LogP contribution in [0.5, 0.6) is 0 Å². The third-order valence-electron chi connectivity index (χ3n) is 3.37. The Hall–Kier alpha value is -2.31. The van der Waals surface area contributed by atoms with E-state index in [1.54, 1.807) is 12.1 Å². The third-order valence-corrected chi connectivity index (χ3v) is 3.37. The van der Waals surface area contributed by atoms with Crippen molar-refractivity contribution in [1.29, 1.82) is 0 Å². The Morgan fingerprint density at radius 2 is 2.15 bits per heavy atom. The number of rotatable bonds is 2. The molecule has 0 bridgehead atoms. The fourth-order valence-electron chi connectivity index (χ4n) is 2.26. The molecule has 0 saturated carbocycles. The van der Waals surface area contributed by atoms with Crippen LogP contribution >= 0.6 is 0 Å². The van der Waals surface area contributed by atoms with E-state index in [1.165, 1.54) is 18.2 Å². The minimum atomic E-state index is -0.897. The van der Waals surface area contributed by atoms with Crippen molar-refractivity contribution in [3.8, 4) is 0 Å². The summed E-state index contributed by atoms with van der Waals surface area (Å²) in [6.07, 6.45) is 0.571. The average molecular weight is 279 g/mol. The summed E-state index contributed by atoms with van der Waals surface area (Å²) in [6, 6.07) is 3.31. The highest BCUT2D eigenvalue weighted by molar-refractivity contribution is 5.89. The number of anilines is 1. The van der Waals surface area contributed by atoms with E-state index >= 15 is 0 Å². The molecule has 20 heavy (non-hydrogen) atoms. The van der Waals surface area contributed by atoms with Gasteiger partial charge in [-0.25, -0.2) is 14.6 Å². The van der Waals surface area contributed by atoms with Crippen LogP contribution in [0.3, 0.4) is 0 Å². The molecule has 1 fully saturated rings. The summed E-state index contributed by atoms with van der Waals surface area (Å²) < 4.78 is 4.61. The quantitative estimate of drug-likeness (QED) is 0.815. The van der Waals surface area contributed by atoms with Crippen molar-refractivity contribution < 1.29 is 19.4 Å². The molecule has 0 aromatic carbocycles. The van der Waals surface area contributed by atoms with Gasteiger partial charge in [0, 0.05) is 31.9 Å². The van der Waals surface area contributed by atoms with Gasteiger partial charge in [-0.2, -0.15) is 0 Å². The van der Waals surface area contributed by atoms with E-state index in [0.29, 0.717) is 25.2 Å². The number of nitrogens with zero attached hydrogens (tertiary/aromatic N) is 3. The van der Waals surface area contributed by atoms with Crippen LogP contribution in [0.2, 0.25) is 0 Å². The number of aromatic nitrogens is 1. The molecule has 1 saturated heterocycles. The van der Waals surface area contributed by atoms with Crippen LogP contribution in [0, 0.1) is 0 Å². The van der Waals surface area contributed by atoms with Gasteiger partial charge in [-0.3, -0.25) is 0 Å². The first-order chi connectivity index (χ1) is 9.52. The molecule has 108 valence electrons. The lowest BCUT2D eigenvalue weighted by Crippen LogP contribution is -2.53. The van der Waals surface area contributed by atoms with E-state index in [4.69, 9.17) is 5.11 Å². The largest absolute Gasteiger partial charge is 0.465 e. The lowest BCUT2D eigenvalue weighted by Gasteiger charge is -2.38. The highest BCUT2D eigenvalue weighted by Gasteiger charge is 2.27. The Labute approximate surface area is 116 Å². The lowest BCUT2D eigenvalue weighted by atomic mass is 10.2. The zero-order chi connectivity index (χ0) is 14.7. The maximum Gasteiger partial charge on any atom is 0.407 e. The van der Waals surface area contributed by atoms with Crippen LogP contribution in [-0.2, 0) is 4.74 Å². The number of hydrogen-bond donors (Lipinski definition) is 1. The van der Waals surface area contributed by atoms with E-state index in [9.17, 15) is 9.59 Å². The van der Waals surface area contributed by atoms with Crippen LogP contribution < -0.4 is 4.90 Å². The van der Waals surface area contributed by atoms with Crippen molar-refractivity contribution in [2.24, 2.45) is 0 Å². The molecule has 1 N–H and O–H groups in total. The fraction of sp³-hybridized carbons (Fsp3) is 0.462. The standard InChI is InChI=1S/C13H17N3O4/c1-9-8-15(5-6-16(9)13(18)19)11-4-3-10(7-14-11)12(17)20-2/h3-4,7,9H,5-6,8H2,1-2H3,(H,18,19)/t9-/m1/s1. The molecule has 2 rings (SSSR count). The summed E-state index contributed by atoms with van der Waals surface area (Å²) in [6.45, 7) is 3.47. The smallest absolute Gasteiger partial charge is 0.407 e. The van der Waals surface area contributed by atoms with Gasteiger partial charge in [-0.1, -0.05) is 0 Å². The number of amides is 1. The second-order valence-electron chi connectivity index (χ2n) is 4.67. The number of carbonyl (C=O) groups is 2. The van der Waals surface area contributed by atoms with E-state index in [1.807, 2.05) is 11.8 Å². The minimum absolute atomic E-state index is 0.0941. The predicted molar refractivity (Wildman–Crippen MR) is 72.0 cm³/mol. The molecule has 0 spiro atoms. The van der Waals surface area contributed by atoms with E-state index < -0.39 is 12.1 Å². The first-order valence-corrected chi connectivity index (χ1v) is 6.32. The fourth-order valence-corrected chi connectivity index (χ4v) is 2.26. The van der Waals surface area contributed by atoms with Crippen LogP contribution in [0.15, 0.2) is 18.3 Å². The van der Waals surface area contributed by atoms with Crippen molar-refractivity contribution in [3.63, 3.8) is 0 Å². The van der Waals surface area contributed by atoms with E-state index in [0.717, 1.165) is 5.82 Å². The lowest BCUT2D eigenvalue weighted by molar-refractivity contribution is 0.0600. The van der Waals surface area contributed by atoms with Crippen LogP contribution in [0.25, 0.3) is 0 Å². The number of carbonyl (C=O) groups excluding carboxylic acids is 1. The van der Waals surface area contributed by atoms with Crippen LogP contribution in [0.1, 0.15) is 17.3 Å². The highest BCUT2D eigenvalue weighted by Crippen LogP contribution is 2.17. The third kappa shape index (κ3) is 2.81. The van der Waals surface area contributed by atoms with Crippen molar-refractivity contribution in [3.05, 3.63) is 23.9 Å². The van der Waals surface area contributed by atoms with Gasteiger partial charge in [-0.05, 0) is 19.1 Å². The monoisotopic (exact) mass is 279 g/mol. The molecule has 2 heterocycles. The molecule has 1 amide bonds. The van der Waals surface area contributed by atoms with Gasteiger partial charge in [0.1, 0.15) is 5.82 Å². The summed E-state index contributed by atoms with van der Waals surface area (Å²) in [7, 11) is 1.32. The van der Waals surface area contributed by atoms with Crippen molar-refractivity contribution >= 4 is 17.9 Å². The molecule has 1 atom stereocenters. The van der Waals surface area contributed by atoms with Crippen molar-refractivity contribution in [2.75, 3.05) is 31.6 Å². The summed E-state index contributed by atoms with van der Waals surface area (Å²) in [5.74, 6) is 0.308. The van der Waals surface area contributed by atoms with Crippen LogP contribution in [0.4, 0.5) is 10.6 Å². The summed E-state index contributed by atoms with van der Waals surface area (Å²) in [5, 5.41) is 9.03. The number of ether oxygens (including phenoxy) is 1. The van der Waals surface area contributed by atoms with Crippen LogP contribution in [-0.4, -0.2) is 59.8 Å². The van der Waals surface area contributed by atoms with E-state index in [2.05, 4.69) is 9.72 Å². The Morgan fingerprint density at radius 3 is 2.65 bits per heavy atom. The second-order valence-corrected chi connectivity index (χ2v) is 4.67. The maximum atomic E-state index is 11.3. The van der Waals surface area contributed by atoms with Gasteiger partial charge in [0.15, 0.2) is 0 Å². The Kier molecular flexibility index (Phi) is 4.07. The zero-order valence-corrected chi connectivity index (χ0v) is 11.4. The van der Waals surface area contributed by atoms with Gasteiger partial charge in [-0.15, -0.1) is 0 Å². The molecule has 0 radical (unpaired) electrons. The zero-order valence-electron chi connectivity index (χ0n) is 11.4. The first-order valence-electron chi connectivity index (χ1n) is 6.32. The van der Waals surface area contributed by atoms with Gasteiger partial charge in [0.25, 0.3) is 0 Å². The number of methoxy groups -OCH3 is 1. The topological polar surface area (TPSA) is 83.0 Å². The maximum absolute atomic E-state index is 11.3. The SMILES string of the molecule is COC(=O)c1ccc(N2CCN(C(=O)O)[C@H](C)C2)nc1. The molecule has 1 aliphatic rings. The summed E-state index contributed by atoms with van der Waals surface area (Å²) in [5.41, 5.74) is 0.397. The van der Waals surface area contributed by atoms with Gasteiger partial charge in [0.2, 0.25) is 0 Å². The molecule has 0 unspecified atom stereocenters. The number of esters is 1. The molecule has 1 aliphatic heterocycles. The minimum Gasteiger partial charge on any atom is -0.465 e. The average Bonchev–Trinajstić information content (AvgIpc) is 2.46. The highest BCUT2D eigenvalue weighted by atomic mass is 16.5. The molecule has 7 heteroatoms. The Balaban J connectivity index is 2.06. The van der Waals surface area contributed by atoms with Gasteiger partial charge < -0.3 is 19.6 Å². The normalized spacial score (nSPS) is 18.8. The number of piperazine rings is 1. The number of pyridine rings is 1. The number of hydrogen-bond acceptors (Lipinski definition) is 5. The first kappa shape index (κ1) is 14.1.